The van der Waals surface area contributed by atoms with Gasteiger partial charge in [0.05, 0.1) is 23.5 Å². The number of rotatable bonds is 4. The number of ether oxygens (including phenoxy) is 1. The lowest BCUT2D eigenvalue weighted by Gasteiger charge is -2.05. The van der Waals surface area contributed by atoms with E-state index in [1.165, 1.54) is 6.21 Å². The maximum Gasteiger partial charge on any atom is 0.271 e. The lowest BCUT2D eigenvalue weighted by Crippen LogP contribution is -2.17. The van der Waals surface area contributed by atoms with E-state index in [0.717, 1.165) is 0 Å². The van der Waals surface area contributed by atoms with Gasteiger partial charge in [0.2, 0.25) is 0 Å². The van der Waals surface area contributed by atoms with Gasteiger partial charge in [-0.3, -0.25) is 9.78 Å². The number of hydrogen-bond acceptors (Lipinski definition) is 4. The molecule has 0 atom stereocenters. The van der Waals surface area contributed by atoms with Gasteiger partial charge in [-0.15, -0.1) is 0 Å². The monoisotopic (exact) mass is 333 g/mol. The molecule has 20 heavy (non-hydrogen) atoms. The number of amides is 1. The Morgan fingerprint density at radius 3 is 2.90 bits per heavy atom. The summed E-state index contributed by atoms with van der Waals surface area (Å²) in [5, 5.41) is 3.86. The summed E-state index contributed by atoms with van der Waals surface area (Å²) in [4.78, 5) is 15.9. The number of pyridine rings is 1. The summed E-state index contributed by atoms with van der Waals surface area (Å²) in [6, 6.07) is 10.5. The lowest BCUT2D eigenvalue weighted by atomic mass is 10.2. The second kappa shape index (κ2) is 6.81. The zero-order valence-electron chi connectivity index (χ0n) is 10.7. The number of nitrogens with zero attached hydrogens (tertiary/aromatic N) is 2. The predicted octanol–water partition coefficient (Wildman–Crippen LogP) is 2.62. The van der Waals surface area contributed by atoms with Crippen LogP contribution in [0, 0.1) is 0 Å². The van der Waals surface area contributed by atoms with Gasteiger partial charge >= 0.3 is 0 Å². The van der Waals surface area contributed by atoms with Crippen LogP contribution in [0.1, 0.15) is 16.1 Å². The molecule has 102 valence electrons. The van der Waals surface area contributed by atoms with Crippen molar-refractivity contribution < 1.29 is 9.53 Å². The van der Waals surface area contributed by atoms with Gasteiger partial charge in [0, 0.05) is 11.8 Å². The third-order valence-electron chi connectivity index (χ3n) is 2.46. The minimum absolute atomic E-state index is 0.305. The molecule has 1 heterocycles. The Morgan fingerprint density at radius 1 is 1.40 bits per heavy atom. The van der Waals surface area contributed by atoms with Gasteiger partial charge in [0.1, 0.15) is 5.75 Å². The van der Waals surface area contributed by atoms with E-state index in [9.17, 15) is 4.79 Å². The standard InChI is InChI=1S/C14H12BrN3O2/c1-20-13-6-5-10(8-12(13)15)14(19)18-17-9-11-4-2-3-7-16-11/h2-9H,1H3,(H,18,19). The number of aromatic nitrogens is 1. The van der Waals surface area contributed by atoms with Crippen molar-refractivity contribution in [1.82, 2.24) is 10.4 Å². The molecule has 5 nitrogen and oxygen atoms in total. The molecule has 0 saturated heterocycles. The van der Waals surface area contributed by atoms with E-state index in [1.54, 1.807) is 37.6 Å². The number of hydrazone groups is 1. The number of methoxy groups -OCH3 is 1. The molecule has 2 rings (SSSR count). The summed E-state index contributed by atoms with van der Waals surface area (Å²) in [5.74, 6) is 0.360. The fraction of sp³-hybridized carbons (Fsp3) is 0.0714. The maximum absolute atomic E-state index is 11.9. The van der Waals surface area contributed by atoms with Gasteiger partial charge in [-0.1, -0.05) is 6.07 Å². The molecule has 0 bridgehead atoms. The van der Waals surface area contributed by atoms with Gasteiger partial charge in [-0.2, -0.15) is 5.10 Å². The minimum atomic E-state index is -0.305. The van der Waals surface area contributed by atoms with Crippen LogP contribution in [0.4, 0.5) is 0 Å². The number of halogens is 1. The van der Waals surface area contributed by atoms with E-state index in [4.69, 9.17) is 4.74 Å². The molecule has 0 radical (unpaired) electrons. The molecular weight excluding hydrogens is 322 g/mol. The molecule has 0 spiro atoms. The van der Waals surface area contributed by atoms with Crippen molar-refractivity contribution in [2.45, 2.75) is 0 Å². The highest BCUT2D eigenvalue weighted by Gasteiger charge is 2.07. The van der Waals surface area contributed by atoms with Crippen LogP contribution in [0.3, 0.4) is 0 Å². The maximum atomic E-state index is 11.9. The first-order valence-corrected chi connectivity index (χ1v) is 6.58. The minimum Gasteiger partial charge on any atom is -0.496 e. The molecule has 2 aromatic rings. The first-order chi connectivity index (χ1) is 9.70. The first-order valence-electron chi connectivity index (χ1n) is 5.78. The molecule has 0 aliphatic heterocycles. The highest BCUT2D eigenvalue weighted by atomic mass is 79.9. The smallest absolute Gasteiger partial charge is 0.271 e. The van der Waals surface area contributed by atoms with E-state index >= 15 is 0 Å². The quantitative estimate of drug-likeness (QED) is 0.691. The fourth-order valence-electron chi connectivity index (χ4n) is 1.48. The largest absolute Gasteiger partial charge is 0.496 e. The van der Waals surface area contributed by atoms with Crippen molar-refractivity contribution in [2.75, 3.05) is 7.11 Å². The highest BCUT2D eigenvalue weighted by Crippen LogP contribution is 2.25. The Balaban J connectivity index is 2.02. The third-order valence-corrected chi connectivity index (χ3v) is 3.08. The van der Waals surface area contributed by atoms with Crippen LogP contribution in [0.15, 0.2) is 52.2 Å². The second-order valence-electron chi connectivity index (χ2n) is 3.80. The Morgan fingerprint density at radius 2 is 2.25 bits per heavy atom. The molecule has 0 fully saturated rings. The third kappa shape index (κ3) is 3.64. The lowest BCUT2D eigenvalue weighted by molar-refractivity contribution is 0.0955. The Labute approximate surface area is 124 Å². The summed E-state index contributed by atoms with van der Waals surface area (Å²) < 4.78 is 5.81. The Hall–Kier alpha value is -2.21. The van der Waals surface area contributed by atoms with Crippen LogP contribution in [-0.2, 0) is 0 Å². The average molecular weight is 334 g/mol. The zero-order chi connectivity index (χ0) is 14.4. The van der Waals surface area contributed by atoms with Crippen molar-refractivity contribution in [3.63, 3.8) is 0 Å². The van der Waals surface area contributed by atoms with E-state index in [2.05, 4.69) is 31.4 Å². The SMILES string of the molecule is COc1ccc(C(=O)NN=Cc2ccccn2)cc1Br. The van der Waals surface area contributed by atoms with E-state index in [-0.39, 0.29) is 5.91 Å². The summed E-state index contributed by atoms with van der Waals surface area (Å²) in [6.07, 6.45) is 3.14. The summed E-state index contributed by atoms with van der Waals surface area (Å²) in [5.41, 5.74) is 3.59. The molecule has 0 unspecified atom stereocenters. The molecule has 1 amide bonds. The Kier molecular flexibility index (Phi) is 4.84. The van der Waals surface area contributed by atoms with Gasteiger partial charge in [0.15, 0.2) is 0 Å². The Bertz CT molecular complexity index is 630. The zero-order valence-corrected chi connectivity index (χ0v) is 12.3. The molecule has 1 N–H and O–H groups in total. The second-order valence-corrected chi connectivity index (χ2v) is 4.66. The summed E-state index contributed by atoms with van der Waals surface area (Å²) in [6.45, 7) is 0. The topological polar surface area (TPSA) is 63.6 Å². The fourth-order valence-corrected chi connectivity index (χ4v) is 2.02. The first kappa shape index (κ1) is 14.2. The molecule has 0 saturated carbocycles. The molecule has 1 aromatic carbocycles. The van der Waals surface area contributed by atoms with Gasteiger partial charge in [0.25, 0.3) is 5.91 Å². The van der Waals surface area contributed by atoms with Crippen LogP contribution in [0.2, 0.25) is 0 Å². The normalized spacial score (nSPS) is 10.5. The van der Waals surface area contributed by atoms with Crippen molar-refractivity contribution in [3.05, 3.63) is 58.3 Å². The van der Waals surface area contributed by atoms with E-state index in [0.29, 0.717) is 21.5 Å². The summed E-state index contributed by atoms with van der Waals surface area (Å²) in [7, 11) is 1.57. The summed E-state index contributed by atoms with van der Waals surface area (Å²) >= 11 is 3.33. The van der Waals surface area contributed by atoms with Gasteiger partial charge in [-0.05, 0) is 46.3 Å². The van der Waals surface area contributed by atoms with Gasteiger partial charge < -0.3 is 4.74 Å². The number of benzene rings is 1. The molecule has 0 aliphatic rings. The molecule has 1 aromatic heterocycles. The number of nitrogens with one attached hydrogen (secondary N) is 1. The molecular formula is C14H12BrN3O2. The molecule has 0 aliphatic carbocycles. The number of carbonyl (C=O) groups is 1. The van der Waals surface area contributed by atoms with Crippen molar-refractivity contribution in [3.8, 4) is 5.75 Å². The van der Waals surface area contributed by atoms with Crippen LogP contribution in [0.5, 0.6) is 5.75 Å². The number of carbonyl (C=O) groups excluding carboxylic acids is 1. The number of hydrogen-bond donors (Lipinski definition) is 1. The van der Waals surface area contributed by atoms with E-state index < -0.39 is 0 Å². The molecule has 6 heteroatoms. The van der Waals surface area contributed by atoms with Crippen molar-refractivity contribution in [2.24, 2.45) is 5.10 Å². The van der Waals surface area contributed by atoms with Crippen LogP contribution in [0.25, 0.3) is 0 Å². The van der Waals surface area contributed by atoms with E-state index in [1.807, 2.05) is 12.1 Å². The van der Waals surface area contributed by atoms with Crippen LogP contribution < -0.4 is 10.2 Å². The van der Waals surface area contributed by atoms with Crippen LogP contribution >= 0.6 is 15.9 Å². The van der Waals surface area contributed by atoms with Gasteiger partial charge in [-0.25, -0.2) is 5.43 Å². The van der Waals surface area contributed by atoms with Crippen molar-refractivity contribution in [1.29, 1.82) is 0 Å². The van der Waals surface area contributed by atoms with Crippen LogP contribution in [-0.4, -0.2) is 24.2 Å². The average Bonchev–Trinajstić information content (AvgIpc) is 2.48. The highest BCUT2D eigenvalue weighted by molar-refractivity contribution is 9.10. The van der Waals surface area contributed by atoms with Crippen molar-refractivity contribution >= 4 is 28.1 Å². The predicted molar refractivity (Wildman–Crippen MR) is 80.0 cm³/mol.